The molecule has 7 heteroatoms. The van der Waals surface area contributed by atoms with Crippen molar-refractivity contribution in [3.8, 4) is 11.8 Å². The zero-order chi connectivity index (χ0) is 21.1. The summed E-state index contributed by atoms with van der Waals surface area (Å²) in [4.78, 5) is 26.3. The minimum absolute atomic E-state index is 0.148. The van der Waals surface area contributed by atoms with E-state index in [-0.39, 0.29) is 25.3 Å². The summed E-state index contributed by atoms with van der Waals surface area (Å²) in [7, 11) is 0. The molecule has 2 aromatic carbocycles. The molecule has 0 aliphatic heterocycles. The number of benzene rings is 2. The van der Waals surface area contributed by atoms with Crippen molar-refractivity contribution in [2.45, 2.75) is 32.3 Å². The Morgan fingerprint density at radius 3 is 2.62 bits per heavy atom. The SMILES string of the molecule is CC(OC(=O)CCCOc1cccc(Br)c1)C(=O)N(CCC#N)c1ccccc1. The van der Waals surface area contributed by atoms with Crippen molar-refractivity contribution in [2.24, 2.45) is 0 Å². The highest BCUT2D eigenvalue weighted by Crippen LogP contribution is 2.18. The molecule has 0 radical (unpaired) electrons. The molecule has 0 fully saturated rings. The van der Waals surface area contributed by atoms with Crippen molar-refractivity contribution in [3.63, 3.8) is 0 Å². The van der Waals surface area contributed by atoms with Gasteiger partial charge in [-0.05, 0) is 43.7 Å². The smallest absolute Gasteiger partial charge is 0.306 e. The second-order valence-corrected chi connectivity index (χ2v) is 7.19. The number of halogens is 1. The molecule has 1 atom stereocenters. The first kappa shape index (κ1) is 22.4. The van der Waals surface area contributed by atoms with E-state index < -0.39 is 12.1 Å². The molecule has 1 amide bonds. The number of hydrogen-bond acceptors (Lipinski definition) is 5. The average molecular weight is 459 g/mol. The standard InChI is InChI=1S/C22H23BrN2O4/c1-17(22(27)25(14-7-13-24)19-9-3-2-4-10-19)29-21(26)12-6-15-28-20-11-5-8-18(23)16-20/h2-5,8-11,16-17H,6-7,12,14-15H2,1H3. The molecule has 0 bridgehead atoms. The number of rotatable bonds is 10. The maximum Gasteiger partial charge on any atom is 0.306 e. The van der Waals surface area contributed by atoms with E-state index in [1.54, 1.807) is 19.1 Å². The van der Waals surface area contributed by atoms with Gasteiger partial charge in [0.15, 0.2) is 6.10 Å². The highest BCUT2D eigenvalue weighted by molar-refractivity contribution is 9.10. The molecule has 2 rings (SSSR count). The fraction of sp³-hybridized carbons (Fsp3) is 0.318. The molecule has 1 unspecified atom stereocenters. The number of esters is 1. The number of hydrogen-bond donors (Lipinski definition) is 0. The minimum Gasteiger partial charge on any atom is -0.494 e. The quantitative estimate of drug-likeness (QED) is 0.387. The summed E-state index contributed by atoms with van der Waals surface area (Å²) in [5.41, 5.74) is 0.665. The van der Waals surface area contributed by atoms with Gasteiger partial charge in [-0.15, -0.1) is 0 Å². The van der Waals surface area contributed by atoms with Crippen LogP contribution in [0.5, 0.6) is 5.75 Å². The van der Waals surface area contributed by atoms with Gasteiger partial charge in [-0.25, -0.2) is 0 Å². The molecule has 0 spiro atoms. The first-order valence-electron chi connectivity index (χ1n) is 9.32. The molecule has 0 N–H and O–H groups in total. The largest absolute Gasteiger partial charge is 0.494 e. The molecule has 29 heavy (non-hydrogen) atoms. The van der Waals surface area contributed by atoms with Gasteiger partial charge in [0, 0.05) is 23.1 Å². The maximum absolute atomic E-state index is 12.7. The van der Waals surface area contributed by atoms with Crippen LogP contribution in [0.1, 0.15) is 26.2 Å². The summed E-state index contributed by atoms with van der Waals surface area (Å²) in [5.74, 6) is -0.102. The Morgan fingerprint density at radius 1 is 1.17 bits per heavy atom. The summed E-state index contributed by atoms with van der Waals surface area (Å²) in [6.45, 7) is 2.15. The Hall–Kier alpha value is -2.85. The zero-order valence-electron chi connectivity index (χ0n) is 16.2. The molecule has 2 aromatic rings. The fourth-order valence-corrected chi connectivity index (χ4v) is 3.00. The lowest BCUT2D eigenvalue weighted by Gasteiger charge is -2.25. The van der Waals surface area contributed by atoms with Crippen LogP contribution >= 0.6 is 15.9 Å². The molecule has 0 heterocycles. The molecule has 0 saturated heterocycles. The van der Waals surface area contributed by atoms with Crippen LogP contribution in [0.3, 0.4) is 0 Å². The Kier molecular flexibility index (Phi) is 9.19. The first-order valence-corrected chi connectivity index (χ1v) is 10.1. The van der Waals surface area contributed by atoms with E-state index in [0.717, 1.165) is 4.47 Å². The highest BCUT2D eigenvalue weighted by Gasteiger charge is 2.24. The van der Waals surface area contributed by atoms with Gasteiger partial charge in [0.05, 0.1) is 19.1 Å². The van der Waals surface area contributed by atoms with Crippen molar-refractivity contribution < 1.29 is 19.1 Å². The van der Waals surface area contributed by atoms with E-state index in [4.69, 9.17) is 14.7 Å². The molecule has 0 aromatic heterocycles. The van der Waals surface area contributed by atoms with E-state index in [1.807, 2.05) is 48.5 Å². The van der Waals surface area contributed by atoms with Crippen molar-refractivity contribution in [2.75, 3.05) is 18.1 Å². The third-order valence-corrected chi connectivity index (χ3v) is 4.52. The van der Waals surface area contributed by atoms with Crippen LogP contribution in [-0.2, 0) is 14.3 Å². The average Bonchev–Trinajstić information content (AvgIpc) is 2.72. The summed E-state index contributed by atoms with van der Waals surface area (Å²) < 4.78 is 11.8. The number of para-hydroxylation sites is 1. The van der Waals surface area contributed by atoms with Gasteiger partial charge < -0.3 is 14.4 Å². The van der Waals surface area contributed by atoms with Gasteiger partial charge >= 0.3 is 5.97 Å². The summed E-state index contributed by atoms with van der Waals surface area (Å²) in [5, 5.41) is 8.86. The first-order chi connectivity index (χ1) is 14.0. The Bertz CT molecular complexity index is 851. The number of nitriles is 1. The molecule has 152 valence electrons. The number of anilines is 1. The predicted octanol–water partition coefficient (Wildman–Crippen LogP) is 4.49. The molecular weight excluding hydrogens is 436 g/mol. The molecule has 0 aliphatic carbocycles. The van der Waals surface area contributed by atoms with Gasteiger partial charge in [-0.1, -0.05) is 40.2 Å². The summed E-state index contributed by atoms with van der Waals surface area (Å²) in [6.07, 6.45) is -0.126. The lowest BCUT2D eigenvalue weighted by molar-refractivity contribution is -0.154. The number of amides is 1. The van der Waals surface area contributed by atoms with Crippen LogP contribution in [0, 0.1) is 11.3 Å². The minimum atomic E-state index is -0.938. The number of carbonyl (C=O) groups excluding carboxylic acids is 2. The van der Waals surface area contributed by atoms with E-state index in [2.05, 4.69) is 15.9 Å². The number of carbonyl (C=O) groups is 2. The molecule has 0 saturated carbocycles. The third kappa shape index (κ3) is 7.59. The monoisotopic (exact) mass is 458 g/mol. The van der Waals surface area contributed by atoms with E-state index in [0.29, 0.717) is 24.5 Å². The zero-order valence-corrected chi connectivity index (χ0v) is 17.8. The Balaban J connectivity index is 1.82. The predicted molar refractivity (Wildman–Crippen MR) is 113 cm³/mol. The lowest BCUT2D eigenvalue weighted by atomic mass is 10.2. The summed E-state index contributed by atoms with van der Waals surface area (Å²) >= 11 is 3.37. The Morgan fingerprint density at radius 2 is 1.93 bits per heavy atom. The van der Waals surface area contributed by atoms with Gasteiger partial charge in [0.25, 0.3) is 5.91 Å². The second kappa shape index (κ2) is 11.9. The van der Waals surface area contributed by atoms with Gasteiger partial charge in [-0.2, -0.15) is 5.26 Å². The van der Waals surface area contributed by atoms with Crippen molar-refractivity contribution in [1.29, 1.82) is 5.26 Å². The number of nitrogens with zero attached hydrogens (tertiary/aromatic N) is 2. The van der Waals surface area contributed by atoms with Crippen molar-refractivity contribution >= 4 is 33.5 Å². The van der Waals surface area contributed by atoms with Gasteiger partial charge in [0.1, 0.15) is 5.75 Å². The highest BCUT2D eigenvalue weighted by atomic mass is 79.9. The van der Waals surface area contributed by atoms with E-state index >= 15 is 0 Å². The second-order valence-electron chi connectivity index (χ2n) is 6.28. The molecule has 6 nitrogen and oxygen atoms in total. The number of ether oxygens (including phenoxy) is 2. The topological polar surface area (TPSA) is 79.6 Å². The van der Waals surface area contributed by atoms with E-state index in [9.17, 15) is 9.59 Å². The lowest BCUT2D eigenvalue weighted by Crippen LogP contribution is -2.40. The molecule has 0 aliphatic rings. The fourth-order valence-electron chi connectivity index (χ4n) is 2.63. The Labute approximate surface area is 179 Å². The van der Waals surface area contributed by atoms with Crippen LogP contribution in [0.25, 0.3) is 0 Å². The van der Waals surface area contributed by atoms with E-state index in [1.165, 1.54) is 4.90 Å². The van der Waals surface area contributed by atoms with Crippen LogP contribution in [0.2, 0.25) is 0 Å². The van der Waals surface area contributed by atoms with Crippen LogP contribution in [0.15, 0.2) is 59.1 Å². The van der Waals surface area contributed by atoms with Crippen LogP contribution in [-0.4, -0.2) is 31.1 Å². The third-order valence-electron chi connectivity index (χ3n) is 4.03. The normalized spacial score (nSPS) is 11.2. The van der Waals surface area contributed by atoms with Gasteiger partial charge in [0.2, 0.25) is 0 Å². The van der Waals surface area contributed by atoms with Crippen LogP contribution < -0.4 is 9.64 Å². The van der Waals surface area contributed by atoms with Crippen LogP contribution in [0.4, 0.5) is 5.69 Å². The van der Waals surface area contributed by atoms with Gasteiger partial charge in [-0.3, -0.25) is 9.59 Å². The molecular formula is C22H23BrN2O4. The van der Waals surface area contributed by atoms with Crippen molar-refractivity contribution in [3.05, 3.63) is 59.1 Å². The van der Waals surface area contributed by atoms with Crippen molar-refractivity contribution in [1.82, 2.24) is 0 Å². The maximum atomic E-state index is 12.7. The summed E-state index contributed by atoms with van der Waals surface area (Å²) in [6, 6.07) is 18.5.